The highest BCUT2D eigenvalue weighted by Gasteiger charge is 2.69. The van der Waals surface area contributed by atoms with E-state index < -0.39 is 11.0 Å². The molecule has 0 spiro atoms. The average Bonchev–Trinajstić information content (AvgIpc) is 3.31. The van der Waals surface area contributed by atoms with E-state index in [1.807, 2.05) is 13.8 Å². The predicted octanol–water partition coefficient (Wildman–Crippen LogP) is 6.61. The van der Waals surface area contributed by atoms with E-state index in [2.05, 4.69) is 55.4 Å². The Kier molecular flexibility index (Phi) is 6.46. The molecule has 180 valence electrons. The molecule has 4 saturated carbocycles. The summed E-state index contributed by atoms with van der Waals surface area (Å²) in [7, 11) is 0. The van der Waals surface area contributed by atoms with Crippen LogP contribution < -0.4 is 0 Å². The number of hydrogen-bond donors (Lipinski definition) is 0. The van der Waals surface area contributed by atoms with Gasteiger partial charge in [-0.05, 0) is 88.4 Å². The first-order chi connectivity index (χ1) is 14.1. The summed E-state index contributed by atoms with van der Waals surface area (Å²) in [5, 5.41) is 0. The molecular weight excluding hydrogens is 388 g/mol. The van der Waals surface area contributed by atoms with Crippen molar-refractivity contribution < 1.29 is 19.0 Å². The van der Waals surface area contributed by atoms with Gasteiger partial charge in [-0.1, -0.05) is 41.5 Å². The summed E-state index contributed by atoms with van der Waals surface area (Å²) in [5.41, 5.74) is -1.38. The zero-order valence-corrected chi connectivity index (χ0v) is 21.9. The third-order valence-corrected chi connectivity index (χ3v) is 9.05. The zero-order valence-electron chi connectivity index (χ0n) is 21.9. The number of carbonyl (C=O) groups excluding carboxylic acids is 1. The maximum Gasteiger partial charge on any atom is 0.315 e. The Bertz CT molecular complexity index is 654. The Hall–Kier alpha value is -0.610. The van der Waals surface area contributed by atoms with Gasteiger partial charge in [-0.25, -0.2) is 0 Å². The summed E-state index contributed by atoms with van der Waals surface area (Å²) in [4.78, 5) is 14.2. The molecule has 4 heteroatoms. The van der Waals surface area contributed by atoms with Crippen molar-refractivity contribution >= 4 is 5.97 Å². The van der Waals surface area contributed by atoms with Crippen molar-refractivity contribution in [2.24, 2.45) is 39.4 Å². The third-order valence-electron chi connectivity index (χ3n) is 9.05. The van der Waals surface area contributed by atoms with Gasteiger partial charge in [-0.2, -0.15) is 0 Å². The lowest BCUT2D eigenvalue weighted by molar-refractivity contribution is -0.212. The zero-order chi connectivity index (χ0) is 23.5. The van der Waals surface area contributed by atoms with Crippen LogP contribution in [0.5, 0.6) is 0 Å². The summed E-state index contributed by atoms with van der Waals surface area (Å²) in [6.45, 7) is 22.2. The van der Waals surface area contributed by atoms with E-state index >= 15 is 0 Å². The quantitative estimate of drug-likeness (QED) is 0.301. The molecule has 0 heterocycles. The molecule has 0 aromatic rings. The van der Waals surface area contributed by atoms with Crippen molar-refractivity contribution in [2.75, 3.05) is 13.2 Å². The van der Waals surface area contributed by atoms with Crippen LogP contribution in [0.1, 0.15) is 101 Å². The van der Waals surface area contributed by atoms with E-state index in [1.54, 1.807) is 0 Å². The lowest BCUT2D eigenvalue weighted by Crippen LogP contribution is -2.55. The minimum Gasteiger partial charge on any atom is -0.459 e. The smallest absolute Gasteiger partial charge is 0.315 e. The second-order valence-electron chi connectivity index (χ2n) is 13.6. The highest BCUT2D eigenvalue weighted by Crippen LogP contribution is 2.74. The molecule has 0 saturated heterocycles. The van der Waals surface area contributed by atoms with E-state index in [1.165, 1.54) is 25.7 Å². The monoisotopic (exact) mass is 436 g/mol. The second kappa shape index (κ2) is 8.01. The minimum atomic E-state index is -0.746. The van der Waals surface area contributed by atoms with Gasteiger partial charge in [0.1, 0.15) is 5.60 Å². The Morgan fingerprint density at radius 1 is 0.968 bits per heavy atom. The van der Waals surface area contributed by atoms with E-state index in [0.717, 1.165) is 17.8 Å². The number of rotatable bonds is 9. The van der Waals surface area contributed by atoms with Crippen LogP contribution in [0.2, 0.25) is 0 Å². The van der Waals surface area contributed by atoms with Crippen LogP contribution in [0.4, 0.5) is 0 Å². The van der Waals surface area contributed by atoms with Crippen molar-refractivity contribution in [2.45, 2.75) is 113 Å². The van der Waals surface area contributed by atoms with E-state index in [-0.39, 0.29) is 28.5 Å². The third kappa shape index (κ3) is 4.33. The van der Waals surface area contributed by atoms with Gasteiger partial charge in [0.15, 0.2) is 6.29 Å². The Morgan fingerprint density at radius 3 is 1.90 bits per heavy atom. The largest absolute Gasteiger partial charge is 0.459 e. The Morgan fingerprint density at radius 2 is 1.52 bits per heavy atom. The molecule has 0 aromatic heterocycles. The molecule has 0 radical (unpaired) electrons. The van der Waals surface area contributed by atoms with Gasteiger partial charge in [0, 0.05) is 12.0 Å². The van der Waals surface area contributed by atoms with Gasteiger partial charge in [0.05, 0.1) is 12.0 Å². The van der Waals surface area contributed by atoms with E-state index in [4.69, 9.17) is 14.2 Å². The van der Waals surface area contributed by atoms with Gasteiger partial charge in [0.2, 0.25) is 0 Å². The average molecular weight is 437 g/mol. The number of hydrogen-bond acceptors (Lipinski definition) is 4. The second-order valence-corrected chi connectivity index (χ2v) is 13.6. The molecule has 4 bridgehead atoms. The molecular formula is C27H48O4. The van der Waals surface area contributed by atoms with Crippen molar-refractivity contribution in [1.29, 1.82) is 0 Å². The molecule has 4 unspecified atom stereocenters. The number of carbonyl (C=O) groups is 1. The standard InChI is InChI=1S/C27H48O4/c1-11-29-18(2)30-17-27(24(6,7)8,16-23(3,4)5)22(28)31-25(9,10)26-14-19-12-21(26)13-20(19)15-26/h18-21H,11-17H2,1-10H3. The molecule has 4 rings (SSSR count). The molecule has 0 aliphatic heterocycles. The molecule has 4 aliphatic rings. The van der Waals surface area contributed by atoms with Gasteiger partial charge >= 0.3 is 5.97 Å². The first-order valence-corrected chi connectivity index (χ1v) is 12.5. The van der Waals surface area contributed by atoms with Crippen LogP contribution in [0.3, 0.4) is 0 Å². The molecule has 4 aliphatic carbocycles. The molecule has 4 fully saturated rings. The Labute approximate surface area is 191 Å². The fourth-order valence-corrected chi connectivity index (χ4v) is 7.35. The molecule has 4 nitrogen and oxygen atoms in total. The fourth-order valence-electron chi connectivity index (χ4n) is 7.35. The van der Waals surface area contributed by atoms with Gasteiger partial charge in [0.25, 0.3) is 0 Å². The maximum absolute atomic E-state index is 14.2. The van der Waals surface area contributed by atoms with E-state index in [0.29, 0.717) is 19.6 Å². The highest BCUT2D eigenvalue weighted by atomic mass is 16.7. The molecule has 0 N–H and O–H groups in total. The topological polar surface area (TPSA) is 44.8 Å². The summed E-state index contributed by atoms with van der Waals surface area (Å²) in [5.74, 6) is 2.36. The van der Waals surface area contributed by atoms with Crippen LogP contribution in [-0.2, 0) is 19.0 Å². The van der Waals surface area contributed by atoms with Crippen LogP contribution in [0.15, 0.2) is 0 Å². The summed E-state index contributed by atoms with van der Waals surface area (Å²) >= 11 is 0. The highest BCUT2D eigenvalue weighted by molar-refractivity contribution is 5.78. The fraction of sp³-hybridized carbons (Fsp3) is 0.963. The van der Waals surface area contributed by atoms with Crippen molar-refractivity contribution in [3.8, 4) is 0 Å². The lowest BCUT2D eigenvalue weighted by Gasteiger charge is -2.50. The van der Waals surface area contributed by atoms with Crippen LogP contribution in [0.25, 0.3) is 0 Å². The van der Waals surface area contributed by atoms with Crippen LogP contribution >= 0.6 is 0 Å². The van der Waals surface area contributed by atoms with Gasteiger partial charge in [-0.15, -0.1) is 0 Å². The van der Waals surface area contributed by atoms with E-state index in [9.17, 15) is 4.79 Å². The SMILES string of the molecule is CCOC(C)OCC(CC(C)(C)C)(C(=O)OC(C)(C)C12CC3CC1CC3C2)C(C)(C)C. The molecule has 0 amide bonds. The number of ether oxygens (including phenoxy) is 3. The molecule has 0 aromatic carbocycles. The van der Waals surface area contributed by atoms with Crippen molar-refractivity contribution in [1.82, 2.24) is 0 Å². The summed E-state index contributed by atoms with van der Waals surface area (Å²) < 4.78 is 18.4. The first-order valence-electron chi connectivity index (χ1n) is 12.5. The number of esters is 1. The van der Waals surface area contributed by atoms with Gasteiger partial charge in [-0.3, -0.25) is 4.79 Å². The normalized spacial score (nSPS) is 33.0. The van der Waals surface area contributed by atoms with Crippen LogP contribution in [-0.4, -0.2) is 31.1 Å². The van der Waals surface area contributed by atoms with Crippen molar-refractivity contribution in [3.05, 3.63) is 0 Å². The summed E-state index contributed by atoms with van der Waals surface area (Å²) in [6.07, 6.45) is 5.52. The summed E-state index contributed by atoms with van der Waals surface area (Å²) in [6, 6.07) is 0. The first kappa shape index (κ1) is 25.0. The molecule has 4 atom stereocenters. The minimum absolute atomic E-state index is 0.0413. The van der Waals surface area contributed by atoms with Crippen molar-refractivity contribution in [3.63, 3.8) is 0 Å². The predicted molar refractivity (Wildman–Crippen MR) is 125 cm³/mol. The van der Waals surface area contributed by atoms with Crippen LogP contribution in [0, 0.1) is 39.4 Å². The lowest BCUT2D eigenvalue weighted by atomic mass is 9.60. The van der Waals surface area contributed by atoms with Gasteiger partial charge < -0.3 is 14.2 Å². The maximum atomic E-state index is 14.2. The molecule has 31 heavy (non-hydrogen) atoms. The Balaban J connectivity index is 1.89.